The molecule has 2 heterocycles. The van der Waals surface area contributed by atoms with Gasteiger partial charge in [-0.3, -0.25) is 29.8 Å². The van der Waals surface area contributed by atoms with Crippen molar-refractivity contribution in [3.63, 3.8) is 0 Å². The summed E-state index contributed by atoms with van der Waals surface area (Å²) in [6.45, 7) is 1.45. The molecule has 0 radical (unpaired) electrons. The molecule has 0 saturated heterocycles. The number of nitrogens with zero attached hydrogens (tertiary/aromatic N) is 6. The summed E-state index contributed by atoms with van der Waals surface area (Å²) < 4.78 is 85.1. The Bertz CT molecular complexity index is 3260. The van der Waals surface area contributed by atoms with Gasteiger partial charge in [0.1, 0.15) is 0 Å². The van der Waals surface area contributed by atoms with Gasteiger partial charge in [0.2, 0.25) is 0 Å². The minimum atomic E-state index is -5.32. The number of rotatable bonds is 18. The molecule has 0 aromatic heterocycles. The van der Waals surface area contributed by atoms with E-state index in [4.69, 9.17) is 23.2 Å². The Kier molecular flexibility index (Phi) is 15.6. The molecule has 5 aromatic rings. The number of amides is 2. The van der Waals surface area contributed by atoms with Crippen LogP contribution in [0.5, 0.6) is 0 Å². The fourth-order valence-corrected chi connectivity index (χ4v) is 13.1. The van der Waals surface area contributed by atoms with Gasteiger partial charge in [-0.25, -0.2) is 26.0 Å². The molecule has 2 aliphatic heterocycles. The molecule has 24 nitrogen and oxygen atoms in total. The van der Waals surface area contributed by atoms with Gasteiger partial charge in [-0.2, -0.15) is 9.25 Å². The number of nitro benzene ring substituents is 2. The minimum absolute atomic E-state index is 0.00992. The quantitative estimate of drug-likeness (QED) is 0.0235. The molecule has 0 bridgehead atoms. The number of nitro groups is 2. The predicted molar refractivity (Wildman–Crippen MR) is 263 cm³/mol. The molecule has 0 aliphatic carbocycles. The number of benzene rings is 5. The van der Waals surface area contributed by atoms with Crippen LogP contribution in [0.4, 0.5) is 22.7 Å². The molecular formula is C42H40Cl2N6O18P2S2. The van der Waals surface area contributed by atoms with Gasteiger partial charge in [0.25, 0.3) is 43.2 Å². The normalized spacial score (nSPS) is 16.5. The first-order valence-electron chi connectivity index (χ1n) is 21.0. The Labute approximate surface area is 419 Å². The highest BCUT2D eigenvalue weighted by molar-refractivity contribution is 7.89. The molecule has 2 aliphatic rings. The monoisotopic (exact) mass is 1110 g/mol. The molecular weight excluding hydrogens is 1070 g/mol. The van der Waals surface area contributed by atoms with E-state index >= 15 is 0 Å². The number of phosphoric acid groups is 2. The minimum Gasteiger partial charge on any atom is -0.308 e. The van der Waals surface area contributed by atoms with Crippen LogP contribution in [0.1, 0.15) is 47.9 Å². The number of alkyl halides is 2. The fourth-order valence-electron chi connectivity index (χ4n) is 8.50. The van der Waals surface area contributed by atoms with E-state index < -0.39 is 103 Å². The van der Waals surface area contributed by atoms with Crippen LogP contribution in [-0.4, -0.2) is 105 Å². The Balaban J connectivity index is 1.14. The fraction of sp³-hybridized carbons (Fsp3) is 0.238. The smallest absolute Gasteiger partial charge is 0.308 e. The van der Waals surface area contributed by atoms with Crippen molar-refractivity contribution in [1.82, 2.24) is 8.94 Å². The Morgan fingerprint density at radius 1 is 0.667 bits per heavy atom. The number of anilines is 2. The van der Waals surface area contributed by atoms with Gasteiger partial charge in [0.05, 0.1) is 41.8 Å². The highest BCUT2D eigenvalue weighted by Crippen LogP contribution is 2.49. The lowest BCUT2D eigenvalue weighted by Crippen LogP contribution is -2.30. The van der Waals surface area contributed by atoms with Crippen molar-refractivity contribution in [1.29, 1.82) is 0 Å². The van der Waals surface area contributed by atoms with E-state index in [1.54, 1.807) is 24.3 Å². The molecule has 2 unspecified atom stereocenters. The number of fused-ring (bicyclic) bond motifs is 6. The number of carbonyl (C=O) groups excluding carboxylic acids is 2. The highest BCUT2D eigenvalue weighted by Gasteiger charge is 2.39. The van der Waals surface area contributed by atoms with Gasteiger partial charge in [-0.1, -0.05) is 39.3 Å². The van der Waals surface area contributed by atoms with Crippen molar-refractivity contribution in [2.75, 3.05) is 47.7 Å². The van der Waals surface area contributed by atoms with Crippen molar-refractivity contribution >= 4 is 127 Å². The topological polar surface area (TPSA) is 335 Å². The lowest BCUT2D eigenvalue weighted by Gasteiger charge is -2.20. The van der Waals surface area contributed by atoms with Crippen LogP contribution < -0.4 is 9.80 Å². The summed E-state index contributed by atoms with van der Waals surface area (Å²) in [5.74, 6) is -2.42. The standard InChI is InChI=1S/C42H40Cl2N6O18P2S2/c1-3-47(67-69(57,58)59)71(63,64)29-10-12-31-33(17-29)35(49(53)54)19-37-41(31)27(21-43)23-45(37)39(51)14-8-25-6-5-7-26(16-25)9-15-40(52)46-24-28(22-44)42-32-13-11-30(18-34(32)36(50(55)56)20-38(42)46)72(65,66)48(4-2)68-70(60,61)62/h5-20,27-28H,3-4,21-24H2,1-2H3,(H2,57,58,59)(H2,60,61,62). The zero-order valence-corrected chi connectivity index (χ0v) is 42.2. The van der Waals surface area contributed by atoms with E-state index in [1.165, 1.54) is 60.1 Å². The number of sulfonamides is 2. The maximum Gasteiger partial charge on any atom is 0.487 e. The summed E-state index contributed by atoms with van der Waals surface area (Å²) in [5, 5.41) is 25.0. The van der Waals surface area contributed by atoms with Gasteiger partial charge in [0, 0.05) is 74.1 Å². The van der Waals surface area contributed by atoms with E-state index in [1.807, 2.05) is 0 Å². The SMILES string of the molecule is CCN(OP(=O)(O)O)S(=O)(=O)c1ccc2c3c(cc([N+](=O)[O-])c2c1)N(C(=O)C=Cc1cccc(C=CC(=O)N2CC(CCl)c4c2cc([N+](=O)[O-])c2cc(S(=O)(=O)N(CC)OP(=O)(O)O)ccc42)c1)CC3CCl. The zero-order valence-electron chi connectivity index (χ0n) is 37.3. The number of halogens is 2. The summed E-state index contributed by atoms with van der Waals surface area (Å²) in [7, 11) is -20.1. The second kappa shape index (κ2) is 20.8. The maximum absolute atomic E-state index is 13.8. The van der Waals surface area contributed by atoms with Crippen molar-refractivity contribution in [3.05, 3.63) is 127 Å². The van der Waals surface area contributed by atoms with E-state index in [2.05, 4.69) is 9.25 Å². The molecule has 0 saturated carbocycles. The molecule has 5 aromatic carbocycles. The first-order chi connectivity index (χ1) is 33.7. The van der Waals surface area contributed by atoms with Gasteiger partial charge in [-0.05, 0) is 89.4 Å². The van der Waals surface area contributed by atoms with Crippen LogP contribution in [0.15, 0.2) is 94.7 Å². The zero-order chi connectivity index (χ0) is 52.8. The third-order valence-corrected chi connectivity index (χ3v) is 16.7. The maximum atomic E-state index is 13.8. The largest absolute Gasteiger partial charge is 0.487 e. The molecule has 0 spiro atoms. The summed E-state index contributed by atoms with van der Waals surface area (Å²) in [6.07, 6.45) is 5.38. The van der Waals surface area contributed by atoms with Crippen LogP contribution >= 0.6 is 38.8 Å². The van der Waals surface area contributed by atoms with Crippen molar-refractivity contribution in [3.8, 4) is 0 Å². The summed E-state index contributed by atoms with van der Waals surface area (Å²) in [5.41, 5.74) is 0.956. The molecule has 72 heavy (non-hydrogen) atoms. The molecule has 7 rings (SSSR count). The number of hydroxylamine groups is 2. The summed E-state index contributed by atoms with van der Waals surface area (Å²) >= 11 is 12.7. The van der Waals surface area contributed by atoms with Crippen molar-refractivity contribution in [2.45, 2.75) is 35.5 Å². The van der Waals surface area contributed by atoms with E-state index in [9.17, 15) is 75.4 Å². The van der Waals surface area contributed by atoms with E-state index in [-0.39, 0.29) is 66.7 Å². The van der Waals surface area contributed by atoms with Gasteiger partial charge < -0.3 is 29.4 Å². The molecule has 0 fully saturated rings. The van der Waals surface area contributed by atoms with Crippen LogP contribution in [0.2, 0.25) is 0 Å². The Morgan fingerprint density at radius 2 is 1.04 bits per heavy atom. The number of carbonyl (C=O) groups is 2. The lowest BCUT2D eigenvalue weighted by atomic mass is 9.95. The average molecular weight is 1110 g/mol. The predicted octanol–water partition coefficient (Wildman–Crippen LogP) is 6.64. The van der Waals surface area contributed by atoms with Crippen molar-refractivity contribution < 1.29 is 74.2 Å². The summed E-state index contributed by atoms with van der Waals surface area (Å²) in [4.78, 5) is 89.5. The van der Waals surface area contributed by atoms with E-state index in [0.29, 0.717) is 22.3 Å². The average Bonchev–Trinajstić information content (AvgIpc) is 3.90. The Morgan fingerprint density at radius 3 is 1.36 bits per heavy atom. The van der Waals surface area contributed by atoms with Gasteiger partial charge >= 0.3 is 15.6 Å². The molecule has 4 N–H and O–H groups in total. The lowest BCUT2D eigenvalue weighted by molar-refractivity contribution is -0.383. The van der Waals surface area contributed by atoms with Crippen molar-refractivity contribution in [2.24, 2.45) is 0 Å². The van der Waals surface area contributed by atoms with Crippen LogP contribution in [0.25, 0.3) is 33.7 Å². The number of non-ortho nitro benzene ring substituents is 2. The third-order valence-electron chi connectivity index (χ3n) is 11.5. The van der Waals surface area contributed by atoms with Crippen LogP contribution in [-0.2, 0) is 48.0 Å². The van der Waals surface area contributed by atoms with Gasteiger partial charge in [0.15, 0.2) is 0 Å². The first kappa shape index (κ1) is 54.2. The summed E-state index contributed by atoms with van der Waals surface area (Å²) in [6, 6.07) is 15.5. The van der Waals surface area contributed by atoms with Gasteiger partial charge in [-0.15, -0.1) is 23.2 Å². The first-order valence-corrected chi connectivity index (χ1v) is 28.0. The second-order valence-corrected chi connectivity index (χ2v) is 22.5. The molecule has 2 atom stereocenters. The number of hydrogen-bond donors (Lipinski definition) is 4. The Hall–Kier alpha value is -5.54. The van der Waals surface area contributed by atoms with Crippen LogP contribution in [0.3, 0.4) is 0 Å². The molecule has 382 valence electrons. The van der Waals surface area contributed by atoms with E-state index in [0.717, 1.165) is 36.4 Å². The molecule has 2 amide bonds. The van der Waals surface area contributed by atoms with Crippen LogP contribution in [0, 0.1) is 20.2 Å². The highest BCUT2D eigenvalue weighted by atomic mass is 35.5. The second-order valence-electron chi connectivity index (χ2n) is 15.9. The number of hydrogen-bond acceptors (Lipinski definition) is 14. The third kappa shape index (κ3) is 10.9. The molecule has 30 heteroatoms.